The molecule has 8 nitrogen and oxygen atoms in total. The number of hydrogen-bond acceptors (Lipinski definition) is 6. The first-order valence-corrected chi connectivity index (χ1v) is 10.0. The first kappa shape index (κ1) is 22.9. The third-order valence-electron chi connectivity index (χ3n) is 5.35. The molecule has 0 bridgehead atoms. The molecule has 0 radical (unpaired) electrons. The van der Waals surface area contributed by atoms with Gasteiger partial charge in [0.25, 0.3) is 5.69 Å². The zero-order chi connectivity index (χ0) is 23.3. The lowest BCUT2D eigenvalue weighted by Crippen LogP contribution is -2.52. The molecule has 0 spiro atoms. The summed E-state index contributed by atoms with van der Waals surface area (Å²) in [4.78, 5) is 25.4. The van der Waals surface area contributed by atoms with Crippen molar-refractivity contribution < 1.29 is 23.2 Å². The van der Waals surface area contributed by atoms with Gasteiger partial charge in [0.15, 0.2) is 17.2 Å². The molecule has 1 fully saturated rings. The van der Waals surface area contributed by atoms with Gasteiger partial charge in [-0.05, 0) is 38.0 Å². The Morgan fingerprint density at radius 3 is 2.59 bits per heavy atom. The van der Waals surface area contributed by atoms with Crippen LogP contribution in [0.1, 0.15) is 19.8 Å². The number of hydrogen-bond donors (Lipinski definition) is 1. The zero-order valence-corrected chi connectivity index (χ0v) is 17.4. The van der Waals surface area contributed by atoms with Gasteiger partial charge in [0.05, 0.1) is 11.0 Å². The average molecular weight is 444 g/mol. The van der Waals surface area contributed by atoms with Crippen LogP contribution in [0.25, 0.3) is 0 Å². The maximum Gasteiger partial charge on any atom is 0.292 e. The number of nitrogens with zero attached hydrogens (tertiary/aromatic N) is 3. The number of rotatable bonds is 7. The Morgan fingerprint density at radius 1 is 1.28 bits per heavy atom. The topological polar surface area (TPSA) is 108 Å². The molecule has 2 aromatic carbocycles. The van der Waals surface area contributed by atoms with Crippen LogP contribution in [0.5, 0.6) is 5.75 Å². The van der Waals surface area contributed by atoms with Crippen LogP contribution in [0.4, 0.5) is 20.2 Å². The van der Waals surface area contributed by atoms with E-state index in [0.29, 0.717) is 31.6 Å². The van der Waals surface area contributed by atoms with Crippen molar-refractivity contribution in [1.82, 2.24) is 5.32 Å². The Hall–Kier alpha value is -3.74. The van der Waals surface area contributed by atoms with Crippen molar-refractivity contribution in [2.24, 2.45) is 5.92 Å². The highest BCUT2D eigenvalue weighted by molar-refractivity contribution is 5.80. The fraction of sp³-hybridized carbons (Fsp3) is 0.364. The number of carbonyl (C=O) groups excluding carboxylic acids is 1. The Kier molecular flexibility index (Phi) is 6.88. The Labute approximate surface area is 183 Å². The molecule has 1 heterocycles. The SMILES string of the molecule is C[C@@](C#N)(COc1ccc(F)c(F)c1)NC(=O)C1CCN(c2ccccc2[N+](=O)[O-])CC1. The van der Waals surface area contributed by atoms with E-state index in [4.69, 9.17) is 4.74 Å². The van der Waals surface area contributed by atoms with Gasteiger partial charge in [-0.1, -0.05) is 12.1 Å². The number of nitro benzene ring substituents is 1. The highest BCUT2D eigenvalue weighted by atomic mass is 19.2. The maximum atomic E-state index is 13.3. The summed E-state index contributed by atoms with van der Waals surface area (Å²) in [6.07, 6.45) is 0.923. The number of halogens is 2. The third kappa shape index (κ3) is 5.29. The van der Waals surface area contributed by atoms with E-state index in [2.05, 4.69) is 5.32 Å². The molecule has 3 rings (SSSR count). The first-order valence-electron chi connectivity index (χ1n) is 10.0. The highest BCUT2D eigenvalue weighted by Gasteiger charge is 2.33. The molecule has 0 saturated carbocycles. The normalized spacial score (nSPS) is 16.0. The van der Waals surface area contributed by atoms with E-state index in [1.165, 1.54) is 19.1 Å². The van der Waals surface area contributed by atoms with Crippen LogP contribution >= 0.6 is 0 Å². The Balaban J connectivity index is 1.57. The summed E-state index contributed by atoms with van der Waals surface area (Å²) in [5, 5.41) is 23.5. The van der Waals surface area contributed by atoms with Gasteiger partial charge in [0.1, 0.15) is 18.0 Å². The number of anilines is 1. The second kappa shape index (κ2) is 9.60. The summed E-state index contributed by atoms with van der Waals surface area (Å²) < 4.78 is 31.7. The molecule has 0 unspecified atom stereocenters. The van der Waals surface area contributed by atoms with E-state index in [0.717, 1.165) is 12.1 Å². The predicted octanol–water partition coefficient (Wildman–Crippen LogP) is 3.57. The molecule has 1 amide bonds. The molecule has 0 aliphatic carbocycles. The second-order valence-electron chi connectivity index (χ2n) is 7.80. The molecular weight excluding hydrogens is 422 g/mol. The minimum absolute atomic E-state index is 0.0156. The van der Waals surface area contributed by atoms with Crippen LogP contribution in [0.3, 0.4) is 0 Å². The van der Waals surface area contributed by atoms with Gasteiger partial charge < -0.3 is 15.0 Å². The van der Waals surface area contributed by atoms with Crippen molar-refractivity contribution in [3.05, 3.63) is 64.2 Å². The van der Waals surface area contributed by atoms with Crippen LogP contribution < -0.4 is 15.0 Å². The molecule has 1 aliphatic rings. The summed E-state index contributed by atoms with van der Waals surface area (Å²) in [7, 11) is 0. The third-order valence-corrected chi connectivity index (χ3v) is 5.35. The van der Waals surface area contributed by atoms with Gasteiger partial charge in [-0.2, -0.15) is 5.26 Å². The molecule has 0 aromatic heterocycles. The van der Waals surface area contributed by atoms with Gasteiger partial charge in [0.2, 0.25) is 5.91 Å². The number of benzene rings is 2. The lowest BCUT2D eigenvalue weighted by Gasteiger charge is -2.34. The number of ether oxygens (including phenoxy) is 1. The number of carbonyl (C=O) groups is 1. The summed E-state index contributed by atoms with van der Waals surface area (Å²) in [6.45, 7) is 2.14. The lowest BCUT2D eigenvalue weighted by molar-refractivity contribution is -0.384. The molecule has 32 heavy (non-hydrogen) atoms. The number of amides is 1. The largest absolute Gasteiger partial charge is 0.490 e. The van der Waals surface area contributed by atoms with Gasteiger partial charge in [-0.15, -0.1) is 0 Å². The van der Waals surface area contributed by atoms with Gasteiger partial charge in [-0.25, -0.2) is 8.78 Å². The summed E-state index contributed by atoms with van der Waals surface area (Å²) in [5.41, 5.74) is -0.850. The zero-order valence-electron chi connectivity index (χ0n) is 17.4. The molecule has 1 saturated heterocycles. The van der Waals surface area contributed by atoms with Crippen molar-refractivity contribution >= 4 is 17.3 Å². The van der Waals surface area contributed by atoms with Crippen LogP contribution in [-0.4, -0.2) is 36.1 Å². The van der Waals surface area contributed by atoms with E-state index in [1.54, 1.807) is 18.2 Å². The second-order valence-corrected chi connectivity index (χ2v) is 7.80. The van der Waals surface area contributed by atoms with Crippen LogP contribution in [0.15, 0.2) is 42.5 Å². The molecule has 2 aromatic rings. The molecule has 168 valence electrons. The summed E-state index contributed by atoms with van der Waals surface area (Å²) >= 11 is 0. The quantitative estimate of drug-likeness (QED) is 0.517. The first-order chi connectivity index (χ1) is 15.2. The summed E-state index contributed by atoms with van der Waals surface area (Å²) in [6, 6.07) is 11.5. The number of nitro groups is 1. The Morgan fingerprint density at radius 2 is 1.97 bits per heavy atom. The van der Waals surface area contributed by atoms with E-state index in [9.17, 15) is 29.0 Å². The molecular formula is C22H22F2N4O4. The maximum absolute atomic E-state index is 13.3. The van der Waals surface area contributed by atoms with Crippen molar-refractivity contribution in [1.29, 1.82) is 5.26 Å². The molecule has 1 aliphatic heterocycles. The Bertz CT molecular complexity index is 1050. The van der Waals surface area contributed by atoms with E-state index < -0.39 is 22.1 Å². The van der Waals surface area contributed by atoms with Gasteiger partial charge in [-0.3, -0.25) is 14.9 Å². The van der Waals surface area contributed by atoms with Crippen molar-refractivity contribution in [3.63, 3.8) is 0 Å². The van der Waals surface area contributed by atoms with Crippen LogP contribution in [0, 0.1) is 39.0 Å². The fourth-order valence-electron chi connectivity index (χ4n) is 3.53. The van der Waals surface area contributed by atoms with Crippen LogP contribution in [-0.2, 0) is 4.79 Å². The number of piperidine rings is 1. The van der Waals surface area contributed by atoms with E-state index in [-0.39, 0.29) is 29.9 Å². The standard InChI is InChI=1S/C22H22F2N4O4/c1-22(13-25,14-32-16-6-7-17(23)18(24)12-16)26-21(29)15-8-10-27(11-9-15)19-4-2-3-5-20(19)28(30)31/h2-7,12,15H,8-11,14H2,1H3,(H,26,29)/t22-/m1/s1. The smallest absolute Gasteiger partial charge is 0.292 e. The van der Waals surface area contributed by atoms with Crippen molar-refractivity contribution in [2.75, 3.05) is 24.6 Å². The van der Waals surface area contributed by atoms with Crippen molar-refractivity contribution in [3.8, 4) is 11.8 Å². The molecule has 1 N–H and O–H groups in total. The molecule has 10 heteroatoms. The monoisotopic (exact) mass is 444 g/mol. The molecule has 1 atom stereocenters. The fourth-order valence-corrected chi connectivity index (χ4v) is 3.53. The minimum Gasteiger partial charge on any atom is -0.490 e. The van der Waals surface area contributed by atoms with Crippen molar-refractivity contribution in [2.45, 2.75) is 25.3 Å². The number of para-hydroxylation sites is 2. The lowest BCUT2D eigenvalue weighted by atomic mass is 9.93. The number of nitrogens with one attached hydrogen (secondary N) is 1. The summed E-state index contributed by atoms with van der Waals surface area (Å²) in [5.74, 6) is -2.75. The minimum atomic E-state index is -1.38. The predicted molar refractivity (Wildman–Crippen MR) is 112 cm³/mol. The average Bonchev–Trinajstić information content (AvgIpc) is 2.80. The van der Waals surface area contributed by atoms with E-state index >= 15 is 0 Å². The van der Waals surface area contributed by atoms with Gasteiger partial charge in [0, 0.05) is 31.1 Å². The van der Waals surface area contributed by atoms with Gasteiger partial charge >= 0.3 is 0 Å². The van der Waals surface area contributed by atoms with Crippen LogP contribution in [0.2, 0.25) is 0 Å². The van der Waals surface area contributed by atoms with E-state index in [1.807, 2.05) is 11.0 Å². The highest BCUT2D eigenvalue weighted by Crippen LogP contribution is 2.31. The number of nitriles is 1.